The number of benzene rings is 1. The molecule has 1 atom stereocenters. The van der Waals surface area contributed by atoms with Gasteiger partial charge in [-0.05, 0) is 30.5 Å². The van der Waals surface area contributed by atoms with Crippen LogP contribution in [0.2, 0.25) is 0 Å². The number of nitriles is 1. The fourth-order valence-electron chi connectivity index (χ4n) is 2.47. The van der Waals surface area contributed by atoms with Gasteiger partial charge in [0.1, 0.15) is 5.75 Å². The molecule has 0 aliphatic carbocycles. The molecule has 0 radical (unpaired) electrons. The van der Waals surface area contributed by atoms with Gasteiger partial charge in [0.2, 0.25) is 10.0 Å². The smallest absolute Gasteiger partial charge is 0.211 e. The van der Waals surface area contributed by atoms with Gasteiger partial charge < -0.3 is 4.74 Å². The van der Waals surface area contributed by atoms with E-state index in [1.54, 1.807) is 0 Å². The minimum absolute atomic E-state index is 0.229. The summed E-state index contributed by atoms with van der Waals surface area (Å²) in [6.07, 6.45) is 3.51. The van der Waals surface area contributed by atoms with Crippen LogP contribution in [0.4, 0.5) is 0 Å². The van der Waals surface area contributed by atoms with E-state index in [-0.39, 0.29) is 5.92 Å². The highest BCUT2D eigenvalue weighted by atomic mass is 32.2. The van der Waals surface area contributed by atoms with Crippen LogP contribution in [-0.2, 0) is 16.4 Å². The summed E-state index contributed by atoms with van der Waals surface area (Å²) in [6, 6.07) is 9.56. The van der Waals surface area contributed by atoms with E-state index in [0.717, 1.165) is 24.2 Å². The number of piperidine rings is 1. The maximum absolute atomic E-state index is 11.6. The lowest BCUT2D eigenvalue weighted by atomic mass is 10.0. The highest BCUT2D eigenvalue weighted by molar-refractivity contribution is 7.88. The second kappa shape index (κ2) is 6.92. The van der Waals surface area contributed by atoms with E-state index in [4.69, 9.17) is 10.00 Å². The monoisotopic (exact) mass is 308 g/mol. The Kier molecular flexibility index (Phi) is 5.21. The van der Waals surface area contributed by atoms with Gasteiger partial charge in [-0.25, -0.2) is 12.7 Å². The van der Waals surface area contributed by atoms with Gasteiger partial charge in [-0.1, -0.05) is 12.1 Å². The van der Waals surface area contributed by atoms with Crippen LogP contribution in [0.15, 0.2) is 24.3 Å². The summed E-state index contributed by atoms with van der Waals surface area (Å²) < 4.78 is 30.4. The second-order valence-electron chi connectivity index (χ2n) is 5.42. The summed E-state index contributed by atoms with van der Waals surface area (Å²) in [7, 11) is -3.11. The van der Waals surface area contributed by atoms with Crippen molar-refractivity contribution in [2.24, 2.45) is 5.92 Å². The molecule has 0 bridgehead atoms. The van der Waals surface area contributed by atoms with Gasteiger partial charge in [0, 0.05) is 19.0 Å². The Labute approximate surface area is 126 Å². The number of hydrogen-bond donors (Lipinski definition) is 0. The van der Waals surface area contributed by atoms with Gasteiger partial charge in [-0.15, -0.1) is 0 Å². The molecule has 0 aromatic heterocycles. The molecule has 2 rings (SSSR count). The third-order valence-electron chi connectivity index (χ3n) is 3.64. The third kappa shape index (κ3) is 4.73. The van der Waals surface area contributed by atoms with Crippen molar-refractivity contribution in [1.29, 1.82) is 5.26 Å². The van der Waals surface area contributed by atoms with Gasteiger partial charge in [-0.3, -0.25) is 0 Å². The Morgan fingerprint density at radius 3 is 2.71 bits per heavy atom. The fraction of sp³-hybridized carbons (Fsp3) is 0.533. The average Bonchev–Trinajstić information content (AvgIpc) is 2.46. The first-order valence-corrected chi connectivity index (χ1v) is 8.87. The molecule has 1 aliphatic heterocycles. The SMILES string of the molecule is CS(=O)(=O)N1CCCC(COc2ccc(CC#N)cc2)C1. The zero-order chi connectivity index (χ0) is 15.3. The quantitative estimate of drug-likeness (QED) is 0.831. The van der Waals surface area contributed by atoms with E-state index in [1.807, 2.05) is 24.3 Å². The van der Waals surface area contributed by atoms with Gasteiger partial charge in [0.15, 0.2) is 0 Å². The summed E-state index contributed by atoms with van der Waals surface area (Å²) in [5.41, 5.74) is 0.964. The topological polar surface area (TPSA) is 70.4 Å². The molecular formula is C15H20N2O3S. The number of hydrogen-bond acceptors (Lipinski definition) is 4. The van der Waals surface area contributed by atoms with E-state index < -0.39 is 10.0 Å². The number of rotatable bonds is 5. The van der Waals surface area contributed by atoms with Crippen molar-refractivity contribution < 1.29 is 13.2 Å². The number of sulfonamides is 1. The molecule has 1 aromatic carbocycles. The summed E-state index contributed by atoms with van der Waals surface area (Å²) in [4.78, 5) is 0. The Morgan fingerprint density at radius 2 is 2.10 bits per heavy atom. The van der Waals surface area contributed by atoms with Gasteiger partial charge in [0.25, 0.3) is 0 Å². The minimum Gasteiger partial charge on any atom is -0.493 e. The van der Waals surface area contributed by atoms with Crippen LogP contribution in [0.25, 0.3) is 0 Å². The first kappa shape index (κ1) is 15.8. The van der Waals surface area contributed by atoms with Crippen molar-refractivity contribution in [2.75, 3.05) is 26.0 Å². The van der Waals surface area contributed by atoms with Gasteiger partial charge in [-0.2, -0.15) is 5.26 Å². The first-order valence-electron chi connectivity index (χ1n) is 7.03. The fourth-order valence-corrected chi connectivity index (χ4v) is 3.42. The van der Waals surface area contributed by atoms with E-state index in [1.165, 1.54) is 10.6 Å². The van der Waals surface area contributed by atoms with Crippen LogP contribution in [0, 0.1) is 17.2 Å². The van der Waals surface area contributed by atoms with E-state index in [0.29, 0.717) is 26.1 Å². The molecule has 1 aromatic rings. The highest BCUT2D eigenvalue weighted by Gasteiger charge is 2.26. The Morgan fingerprint density at radius 1 is 1.38 bits per heavy atom. The van der Waals surface area contributed by atoms with Crippen LogP contribution in [0.1, 0.15) is 18.4 Å². The number of nitrogens with zero attached hydrogens (tertiary/aromatic N) is 2. The Hall–Kier alpha value is -1.58. The summed E-state index contributed by atoms with van der Waals surface area (Å²) in [6.45, 7) is 1.66. The lowest BCUT2D eigenvalue weighted by Crippen LogP contribution is -2.40. The van der Waals surface area contributed by atoms with Crippen molar-refractivity contribution in [3.05, 3.63) is 29.8 Å². The average molecular weight is 308 g/mol. The summed E-state index contributed by atoms with van der Waals surface area (Å²) in [5.74, 6) is 0.987. The van der Waals surface area contributed by atoms with Crippen molar-refractivity contribution in [2.45, 2.75) is 19.3 Å². The molecule has 1 fully saturated rings. The Balaban J connectivity index is 1.86. The molecule has 0 N–H and O–H groups in total. The first-order chi connectivity index (χ1) is 9.99. The van der Waals surface area contributed by atoms with Crippen molar-refractivity contribution in [3.8, 4) is 11.8 Å². The Bertz CT molecular complexity index is 605. The molecule has 114 valence electrons. The molecule has 6 heteroatoms. The molecule has 0 spiro atoms. The lowest BCUT2D eigenvalue weighted by molar-refractivity contribution is 0.180. The molecule has 1 unspecified atom stereocenters. The summed E-state index contributed by atoms with van der Waals surface area (Å²) >= 11 is 0. The van der Waals surface area contributed by atoms with Crippen LogP contribution in [0.3, 0.4) is 0 Å². The van der Waals surface area contributed by atoms with E-state index >= 15 is 0 Å². The summed E-state index contributed by atoms with van der Waals surface area (Å²) in [5, 5.41) is 8.62. The number of ether oxygens (including phenoxy) is 1. The second-order valence-corrected chi connectivity index (χ2v) is 7.40. The van der Waals surface area contributed by atoms with Gasteiger partial charge in [0.05, 0.1) is 25.4 Å². The molecule has 1 aliphatic rings. The lowest BCUT2D eigenvalue weighted by Gasteiger charge is -2.30. The predicted octanol–water partition coefficient (Wildman–Crippen LogP) is 1.80. The zero-order valence-corrected chi connectivity index (χ0v) is 13.0. The van der Waals surface area contributed by atoms with Crippen LogP contribution >= 0.6 is 0 Å². The largest absolute Gasteiger partial charge is 0.493 e. The van der Waals surface area contributed by atoms with Crippen molar-refractivity contribution in [1.82, 2.24) is 4.31 Å². The van der Waals surface area contributed by atoms with Gasteiger partial charge >= 0.3 is 0 Å². The highest BCUT2D eigenvalue weighted by Crippen LogP contribution is 2.20. The van der Waals surface area contributed by atoms with E-state index in [2.05, 4.69) is 6.07 Å². The normalized spacial score (nSPS) is 19.9. The molecule has 5 nitrogen and oxygen atoms in total. The van der Waals surface area contributed by atoms with Crippen LogP contribution < -0.4 is 4.74 Å². The maximum Gasteiger partial charge on any atom is 0.211 e. The molecule has 0 amide bonds. The van der Waals surface area contributed by atoms with Crippen LogP contribution in [-0.4, -0.2) is 38.7 Å². The predicted molar refractivity (Wildman–Crippen MR) is 80.4 cm³/mol. The molecule has 0 saturated carbocycles. The maximum atomic E-state index is 11.6. The standard InChI is InChI=1S/C15H20N2O3S/c1-21(18,19)17-10-2-3-14(11-17)12-20-15-6-4-13(5-7-15)8-9-16/h4-7,14H,2-3,8,10-12H2,1H3. The van der Waals surface area contributed by atoms with Crippen LogP contribution in [0.5, 0.6) is 5.75 Å². The molecular weight excluding hydrogens is 288 g/mol. The molecule has 21 heavy (non-hydrogen) atoms. The van der Waals surface area contributed by atoms with Crippen molar-refractivity contribution in [3.63, 3.8) is 0 Å². The van der Waals surface area contributed by atoms with Crippen molar-refractivity contribution >= 4 is 10.0 Å². The molecule has 1 heterocycles. The zero-order valence-electron chi connectivity index (χ0n) is 12.2. The minimum atomic E-state index is -3.11. The third-order valence-corrected chi connectivity index (χ3v) is 4.91. The molecule has 1 saturated heterocycles. The van der Waals surface area contributed by atoms with E-state index in [9.17, 15) is 8.42 Å².